The van der Waals surface area contributed by atoms with Gasteiger partial charge < -0.3 is 20.8 Å². The van der Waals surface area contributed by atoms with E-state index < -0.39 is 17.5 Å². The Balaban J connectivity index is 2.88. The highest BCUT2D eigenvalue weighted by Crippen LogP contribution is 2.20. The zero-order valence-corrected chi connectivity index (χ0v) is 5.80. The Morgan fingerprint density at radius 3 is 1.60 bits per heavy atom. The van der Waals surface area contributed by atoms with Gasteiger partial charge in [-0.1, -0.05) is 0 Å². The summed E-state index contributed by atoms with van der Waals surface area (Å²) in [5.41, 5.74) is -3.19. The van der Waals surface area contributed by atoms with Crippen molar-refractivity contribution in [3.8, 4) is 0 Å². The van der Waals surface area contributed by atoms with Crippen molar-refractivity contribution in [2.45, 2.75) is 25.3 Å². The van der Waals surface area contributed by atoms with Crippen LogP contribution in [0.2, 0.25) is 0 Å². The number of nitrogens with one attached hydrogen (secondary N) is 2. The van der Waals surface area contributed by atoms with Crippen LogP contribution in [-0.2, 0) is 0 Å². The summed E-state index contributed by atoms with van der Waals surface area (Å²) in [6.45, 7) is 2.62. The van der Waals surface area contributed by atoms with Gasteiger partial charge in [0.2, 0.25) is 0 Å². The first kappa shape index (κ1) is 7.30. The standard InChI is InChI=1S/C5H10N2O3/c1-4(9)5(2,10)7-3(8)6-4/h9-10H,1-2H3,(H2,6,7,8). The van der Waals surface area contributed by atoms with Crippen LogP contribution in [-0.4, -0.2) is 27.7 Å². The van der Waals surface area contributed by atoms with Crippen molar-refractivity contribution in [3.05, 3.63) is 0 Å². The largest absolute Gasteiger partial charge is 0.367 e. The molecule has 1 saturated heterocycles. The predicted octanol–water partition coefficient (Wildman–Crippen LogP) is -1.28. The predicted molar refractivity (Wildman–Crippen MR) is 32.9 cm³/mol. The van der Waals surface area contributed by atoms with Gasteiger partial charge in [0.25, 0.3) is 0 Å². The van der Waals surface area contributed by atoms with Crippen molar-refractivity contribution in [1.82, 2.24) is 10.6 Å². The molecule has 0 aromatic carbocycles. The van der Waals surface area contributed by atoms with Crippen molar-refractivity contribution in [1.29, 1.82) is 0 Å². The molecule has 5 nitrogen and oxygen atoms in total. The maximum Gasteiger partial charge on any atom is 0.319 e. The molecule has 0 aliphatic carbocycles. The van der Waals surface area contributed by atoms with Crippen LogP contribution in [0.3, 0.4) is 0 Å². The average molecular weight is 146 g/mol. The molecule has 1 aliphatic rings. The second kappa shape index (κ2) is 1.62. The summed E-state index contributed by atoms with van der Waals surface area (Å²) in [5.74, 6) is 0. The highest BCUT2D eigenvalue weighted by atomic mass is 16.4. The van der Waals surface area contributed by atoms with Crippen LogP contribution in [0.5, 0.6) is 0 Å². The highest BCUT2D eigenvalue weighted by Gasteiger charge is 2.50. The zero-order valence-electron chi connectivity index (χ0n) is 5.80. The van der Waals surface area contributed by atoms with Crippen LogP contribution in [0.15, 0.2) is 0 Å². The normalized spacial score (nSPS) is 46.6. The van der Waals surface area contributed by atoms with E-state index in [2.05, 4.69) is 10.6 Å². The van der Waals surface area contributed by atoms with Crippen LogP contribution in [0.4, 0.5) is 4.79 Å². The van der Waals surface area contributed by atoms with Crippen LogP contribution >= 0.6 is 0 Å². The van der Waals surface area contributed by atoms with E-state index in [1.807, 2.05) is 0 Å². The molecule has 2 atom stereocenters. The molecule has 0 spiro atoms. The molecule has 1 heterocycles. The Labute approximate surface area is 58.0 Å². The van der Waals surface area contributed by atoms with Crippen LogP contribution < -0.4 is 10.6 Å². The van der Waals surface area contributed by atoms with Gasteiger partial charge in [-0.3, -0.25) is 0 Å². The minimum Gasteiger partial charge on any atom is -0.367 e. The summed E-state index contributed by atoms with van der Waals surface area (Å²) in [7, 11) is 0. The SMILES string of the molecule is CC1(O)NC(=O)NC1(C)O. The van der Waals surface area contributed by atoms with Crippen LogP contribution in [0, 0.1) is 0 Å². The molecular weight excluding hydrogens is 136 g/mol. The van der Waals surface area contributed by atoms with E-state index in [4.69, 9.17) is 0 Å². The van der Waals surface area contributed by atoms with Crippen LogP contribution in [0.25, 0.3) is 0 Å². The Kier molecular flexibility index (Phi) is 1.18. The first-order valence-electron chi connectivity index (χ1n) is 2.90. The third kappa shape index (κ3) is 0.833. The molecule has 58 valence electrons. The third-order valence-electron chi connectivity index (χ3n) is 1.66. The minimum atomic E-state index is -1.59. The molecule has 1 rings (SSSR count). The van der Waals surface area contributed by atoms with Crippen molar-refractivity contribution < 1.29 is 15.0 Å². The van der Waals surface area contributed by atoms with Crippen molar-refractivity contribution in [2.24, 2.45) is 0 Å². The number of urea groups is 1. The highest BCUT2D eigenvalue weighted by molar-refractivity contribution is 5.78. The molecule has 1 fully saturated rings. The van der Waals surface area contributed by atoms with E-state index in [1.165, 1.54) is 13.8 Å². The van der Waals surface area contributed by atoms with Gasteiger partial charge >= 0.3 is 6.03 Å². The fraction of sp³-hybridized carbons (Fsp3) is 0.800. The number of aliphatic hydroxyl groups is 2. The maximum absolute atomic E-state index is 10.5. The molecule has 4 N–H and O–H groups in total. The molecular formula is C5H10N2O3. The fourth-order valence-electron chi connectivity index (χ4n) is 0.717. The van der Waals surface area contributed by atoms with Gasteiger partial charge in [0.15, 0.2) is 11.4 Å². The topological polar surface area (TPSA) is 81.6 Å². The van der Waals surface area contributed by atoms with Gasteiger partial charge in [0.05, 0.1) is 0 Å². The number of rotatable bonds is 0. The molecule has 2 unspecified atom stereocenters. The molecule has 0 aromatic heterocycles. The molecule has 10 heavy (non-hydrogen) atoms. The summed E-state index contributed by atoms with van der Waals surface area (Å²) in [6, 6.07) is -0.574. The molecule has 5 heteroatoms. The minimum absolute atomic E-state index is 0.574. The van der Waals surface area contributed by atoms with Gasteiger partial charge in [-0.05, 0) is 13.8 Å². The quantitative estimate of drug-likeness (QED) is 0.343. The maximum atomic E-state index is 10.5. The second-order valence-electron chi connectivity index (χ2n) is 2.72. The lowest BCUT2D eigenvalue weighted by molar-refractivity contribution is -0.130. The Bertz CT molecular complexity index is 158. The zero-order chi connectivity index (χ0) is 7.99. The van der Waals surface area contributed by atoms with Gasteiger partial charge in [0, 0.05) is 0 Å². The monoisotopic (exact) mass is 146 g/mol. The Morgan fingerprint density at radius 2 is 1.50 bits per heavy atom. The lowest BCUT2D eigenvalue weighted by Gasteiger charge is -2.28. The van der Waals surface area contributed by atoms with E-state index >= 15 is 0 Å². The van der Waals surface area contributed by atoms with Gasteiger partial charge in [-0.15, -0.1) is 0 Å². The van der Waals surface area contributed by atoms with E-state index in [0.717, 1.165) is 0 Å². The van der Waals surface area contributed by atoms with Crippen molar-refractivity contribution in [2.75, 3.05) is 0 Å². The van der Waals surface area contributed by atoms with Gasteiger partial charge in [-0.25, -0.2) is 4.79 Å². The van der Waals surface area contributed by atoms with Crippen molar-refractivity contribution in [3.63, 3.8) is 0 Å². The fourth-order valence-corrected chi connectivity index (χ4v) is 0.717. The molecule has 0 aromatic rings. The van der Waals surface area contributed by atoms with E-state index in [1.54, 1.807) is 0 Å². The third-order valence-corrected chi connectivity index (χ3v) is 1.66. The lowest BCUT2D eigenvalue weighted by Crippen LogP contribution is -2.56. The first-order chi connectivity index (χ1) is 4.35. The molecule has 0 saturated carbocycles. The first-order valence-corrected chi connectivity index (χ1v) is 2.90. The molecule has 0 radical (unpaired) electrons. The van der Waals surface area contributed by atoms with Crippen molar-refractivity contribution >= 4 is 6.03 Å². The number of carbonyl (C=O) groups is 1. The Hall–Kier alpha value is -0.810. The van der Waals surface area contributed by atoms with Gasteiger partial charge in [-0.2, -0.15) is 0 Å². The summed E-state index contributed by atoms with van der Waals surface area (Å²) in [4.78, 5) is 10.5. The summed E-state index contributed by atoms with van der Waals surface area (Å²) < 4.78 is 0. The average Bonchev–Trinajstić information content (AvgIpc) is 1.73. The molecule has 1 aliphatic heterocycles. The number of hydrogen-bond acceptors (Lipinski definition) is 3. The number of hydrogen-bond donors (Lipinski definition) is 4. The molecule has 0 bridgehead atoms. The molecule has 2 amide bonds. The smallest absolute Gasteiger partial charge is 0.319 e. The lowest BCUT2D eigenvalue weighted by atomic mass is 10.1. The number of carbonyl (C=O) groups excluding carboxylic acids is 1. The van der Waals surface area contributed by atoms with E-state index in [9.17, 15) is 15.0 Å². The van der Waals surface area contributed by atoms with Gasteiger partial charge in [0.1, 0.15) is 0 Å². The Morgan fingerprint density at radius 1 is 1.20 bits per heavy atom. The van der Waals surface area contributed by atoms with E-state index in [-0.39, 0.29) is 0 Å². The summed E-state index contributed by atoms with van der Waals surface area (Å²) in [5, 5.41) is 22.8. The van der Waals surface area contributed by atoms with E-state index in [0.29, 0.717) is 0 Å². The van der Waals surface area contributed by atoms with Crippen LogP contribution in [0.1, 0.15) is 13.8 Å². The second-order valence-corrected chi connectivity index (χ2v) is 2.72. The number of amides is 2. The summed E-state index contributed by atoms with van der Waals surface area (Å²) >= 11 is 0. The summed E-state index contributed by atoms with van der Waals surface area (Å²) in [6.07, 6.45) is 0.